The molecule has 2 heterocycles. The minimum Gasteiger partial charge on any atom is -0.255 e. The molecule has 0 aliphatic heterocycles. The van der Waals surface area contributed by atoms with Crippen LogP contribution in [0.5, 0.6) is 0 Å². The summed E-state index contributed by atoms with van der Waals surface area (Å²) in [7, 11) is 0. The molecular weight excluding hydrogens is 189 g/mol. The first kappa shape index (κ1) is 8.25. The summed E-state index contributed by atoms with van der Waals surface area (Å²) in [5.41, 5.74) is 1.37. The Morgan fingerprint density at radius 3 is 3.00 bits per heavy atom. The van der Waals surface area contributed by atoms with E-state index in [2.05, 4.69) is 9.97 Å². The van der Waals surface area contributed by atoms with Gasteiger partial charge in [-0.3, -0.25) is 4.98 Å². The van der Waals surface area contributed by atoms with Crippen LogP contribution in [-0.4, -0.2) is 13.9 Å². The van der Waals surface area contributed by atoms with Gasteiger partial charge in [0, 0.05) is 6.20 Å². The van der Waals surface area contributed by atoms with E-state index in [9.17, 15) is 3.89 Å². The average molecular weight is 195 g/mol. The van der Waals surface area contributed by atoms with Crippen molar-refractivity contribution in [3.63, 3.8) is 0 Å². The second-order valence-electron chi connectivity index (χ2n) is 2.39. The summed E-state index contributed by atoms with van der Waals surface area (Å²) >= 11 is 0.111. The van der Waals surface area contributed by atoms with Gasteiger partial charge in [-0.1, -0.05) is 6.07 Å². The molecule has 0 N–H and O–H groups in total. The Bertz CT molecular complexity index is 387. The van der Waals surface area contributed by atoms with Crippen LogP contribution >= 0.6 is 12.3 Å². The van der Waals surface area contributed by atoms with Crippen molar-refractivity contribution in [2.75, 3.05) is 0 Å². The monoisotopic (exact) mass is 195 g/mol. The molecule has 0 aliphatic rings. The van der Waals surface area contributed by atoms with Gasteiger partial charge in [0.25, 0.3) is 0 Å². The van der Waals surface area contributed by atoms with Gasteiger partial charge >= 0.3 is 0 Å². The molecule has 3 nitrogen and oxygen atoms in total. The molecule has 0 atom stereocenters. The van der Waals surface area contributed by atoms with Gasteiger partial charge in [0.2, 0.25) is 0 Å². The predicted octanol–water partition coefficient (Wildman–Crippen LogP) is 2.33. The number of aromatic nitrogens is 3. The van der Waals surface area contributed by atoms with E-state index in [0.29, 0.717) is 11.4 Å². The second kappa shape index (κ2) is 3.57. The summed E-state index contributed by atoms with van der Waals surface area (Å²) in [5.74, 6) is 0. The van der Waals surface area contributed by atoms with E-state index in [4.69, 9.17) is 0 Å². The highest BCUT2D eigenvalue weighted by Crippen LogP contribution is 2.20. The standard InChI is InChI=1S/C8H6FN3S/c9-13-12-6-10-5-8(12)7-3-1-2-4-11-7/h1-6H. The zero-order valence-corrected chi connectivity index (χ0v) is 7.41. The molecule has 0 radical (unpaired) electrons. The molecule has 2 aromatic heterocycles. The molecule has 0 aromatic carbocycles. The highest BCUT2D eigenvalue weighted by atomic mass is 32.2. The molecule has 5 heteroatoms. The van der Waals surface area contributed by atoms with Crippen LogP contribution in [0.1, 0.15) is 0 Å². The largest absolute Gasteiger partial charge is 0.255 e. The topological polar surface area (TPSA) is 30.7 Å². The second-order valence-corrected chi connectivity index (χ2v) is 2.92. The van der Waals surface area contributed by atoms with Crippen molar-refractivity contribution < 1.29 is 3.89 Å². The van der Waals surface area contributed by atoms with Gasteiger partial charge in [0.15, 0.2) is 12.3 Å². The van der Waals surface area contributed by atoms with Crippen LogP contribution in [-0.2, 0) is 0 Å². The van der Waals surface area contributed by atoms with Gasteiger partial charge in [-0.2, -0.15) is 0 Å². The Hall–Kier alpha value is -1.36. The SMILES string of the molecule is FSn1cncc1-c1ccccn1. The van der Waals surface area contributed by atoms with Crippen LogP contribution in [0.3, 0.4) is 0 Å². The number of imidazole rings is 1. The number of nitrogens with zero attached hydrogens (tertiary/aromatic N) is 3. The van der Waals surface area contributed by atoms with E-state index in [1.54, 1.807) is 12.4 Å². The predicted molar refractivity (Wildman–Crippen MR) is 49.6 cm³/mol. The third kappa shape index (κ3) is 1.55. The van der Waals surface area contributed by atoms with E-state index in [0.717, 1.165) is 0 Å². The number of halogens is 1. The van der Waals surface area contributed by atoms with Crippen molar-refractivity contribution >= 4 is 12.3 Å². The third-order valence-electron chi connectivity index (χ3n) is 1.61. The molecule has 0 saturated heterocycles. The summed E-state index contributed by atoms with van der Waals surface area (Å²) in [6.45, 7) is 0. The maximum Gasteiger partial charge on any atom is 0.171 e. The maximum atomic E-state index is 12.3. The Labute approximate surface area is 79.1 Å². The first-order chi connectivity index (χ1) is 6.42. The third-order valence-corrected chi connectivity index (χ3v) is 2.05. The summed E-state index contributed by atoms with van der Waals surface area (Å²) in [6.07, 6.45) is 4.65. The minimum atomic E-state index is 0.111. The van der Waals surface area contributed by atoms with E-state index >= 15 is 0 Å². The molecule has 66 valence electrons. The van der Waals surface area contributed by atoms with Crippen molar-refractivity contribution in [1.82, 2.24) is 13.9 Å². The van der Waals surface area contributed by atoms with E-state index in [1.165, 1.54) is 10.3 Å². The molecule has 0 amide bonds. The van der Waals surface area contributed by atoms with Crippen LogP contribution in [0.4, 0.5) is 3.89 Å². The van der Waals surface area contributed by atoms with Crippen molar-refractivity contribution in [3.05, 3.63) is 36.9 Å². The fraction of sp³-hybridized carbons (Fsp3) is 0. The van der Waals surface area contributed by atoms with Gasteiger partial charge in [-0.25, -0.2) is 8.96 Å². The van der Waals surface area contributed by atoms with Gasteiger partial charge in [0.1, 0.15) is 6.33 Å². The first-order valence-corrected chi connectivity index (χ1v) is 4.32. The van der Waals surface area contributed by atoms with E-state index in [-0.39, 0.29) is 12.3 Å². The van der Waals surface area contributed by atoms with Gasteiger partial charge in [0.05, 0.1) is 17.6 Å². The average Bonchev–Trinajstić information content (AvgIpc) is 2.67. The Morgan fingerprint density at radius 1 is 1.38 bits per heavy atom. The van der Waals surface area contributed by atoms with Crippen LogP contribution in [0.2, 0.25) is 0 Å². The van der Waals surface area contributed by atoms with Crippen molar-refractivity contribution in [2.45, 2.75) is 0 Å². The summed E-state index contributed by atoms with van der Waals surface area (Å²) in [5, 5.41) is 0. The summed E-state index contributed by atoms with van der Waals surface area (Å²) < 4.78 is 13.6. The normalized spacial score (nSPS) is 10.2. The lowest BCUT2D eigenvalue weighted by molar-refractivity contribution is 0.915. The van der Waals surface area contributed by atoms with E-state index in [1.807, 2.05) is 18.2 Å². The molecular formula is C8H6FN3S. The lowest BCUT2D eigenvalue weighted by Crippen LogP contribution is -1.87. The fourth-order valence-corrected chi connectivity index (χ4v) is 1.34. The molecule has 13 heavy (non-hydrogen) atoms. The zero-order chi connectivity index (χ0) is 9.10. The number of pyridine rings is 1. The Kier molecular flexibility index (Phi) is 2.27. The number of hydrogen-bond donors (Lipinski definition) is 0. The van der Waals surface area contributed by atoms with E-state index < -0.39 is 0 Å². The van der Waals surface area contributed by atoms with Crippen LogP contribution in [0, 0.1) is 0 Å². The number of hydrogen-bond acceptors (Lipinski definition) is 3. The van der Waals surface area contributed by atoms with Gasteiger partial charge < -0.3 is 0 Å². The number of rotatable bonds is 2. The molecule has 0 unspecified atom stereocenters. The van der Waals surface area contributed by atoms with Crippen molar-refractivity contribution in [1.29, 1.82) is 0 Å². The summed E-state index contributed by atoms with van der Waals surface area (Å²) in [6, 6.07) is 5.47. The molecule has 0 aliphatic carbocycles. The molecule has 0 fully saturated rings. The van der Waals surface area contributed by atoms with Crippen LogP contribution < -0.4 is 0 Å². The molecule has 0 spiro atoms. The van der Waals surface area contributed by atoms with Gasteiger partial charge in [-0.05, 0) is 12.1 Å². The Balaban J connectivity index is 2.47. The minimum absolute atomic E-state index is 0.111. The van der Waals surface area contributed by atoms with Crippen LogP contribution in [0.15, 0.2) is 36.9 Å². The van der Waals surface area contributed by atoms with Crippen molar-refractivity contribution in [3.8, 4) is 11.4 Å². The van der Waals surface area contributed by atoms with Gasteiger partial charge in [-0.15, -0.1) is 3.89 Å². The first-order valence-electron chi connectivity index (χ1n) is 3.64. The van der Waals surface area contributed by atoms with Crippen LogP contribution in [0.25, 0.3) is 11.4 Å². The smallest absolute Gasteiger partial charge is 0.171 e. The molecule has 2 rings (SSSR count). The lowest BCUT2D eigenvalue weighted by atomic mass is 10.3. The molecule has 0 saturated carbocycles. The molecule has 0 bridgehead atoms. The lowest BCUT2D eigenvalue weighted by Gasteiger charge is -1.99. The fourth-order valence-electron chi connectivity index (χ4n) is 1.03. The Morgan fingerprint density at radius 2 is 2.31 bits per heavy atom. The summed E-state index contributed by atoms with van der Waals surface area (Å²) in [4.78, 5) is 7.92. The highest BCUT2D eigenvalue weighted by Gasteiger charge is 2.05. The highest BCUT2D eigenvalue weighted by molar-refractivity contribution is 7.92. The molecule has 2 aromatic rings. The zero-order valence-electron chi connectivity index (χ0n) is 6.59. The maximum absolute atomic E-state index is 12.3. The van der Waals surface area contributed by atoms with Crippen molar-refractivity contribution in [2.24, 2.45) is 0 Å². The quantitative estimate of drug-likeness (QED) is 0.736.